The Morgan fingerprint density at radius 2 is 1.95 bits per heavy atom. The molecule has 1 N–H and O–H groups in total. The van der Waals surface area contributed by atoms with E-state index in [1.165, 1.54) is 4.52 Å². The van der Waals surface area contributed by atoms with Crippen LogP contribution in [0.15, 0.2) is 42.7 Å². The second kappa shape index (κ2) is 5.22. The van der Waals surface area contributed by atoms with Crippen molar-refractivity contribution in [2.24, 2.45) is 0 Å². The quantitative estimate of drug-likeness (QED) is 0.789. The zero-order chi connectivity index (χ0) is 15.7. The predicted octanol–water partition coefficient (Wildman–Crippen LogP) is 2.67. The van der Waals surface area contributed by atoms with E-state index < -0.39 is 0 Å². The molecule has 0 unspecified atom stereocenters. The third-order valence-corrected chi connectivity index (χ3v) is 3.30. The van der Waals surface area contributed by atoms with E-state index in [2.05, 4.69) is 41.2 Å². The summed E-state index contributed by atoms with van der Waals surface area (Å²) in [4.78, 5) is 20.6. The second-order valence-corrected chi connectivity index (χ2v) is 6.05. The molecule has 0 aliphatic heterocycles. The number of carbonyl (C=O) groups excluding carboxylic acids is 1. The summed E-state index contributed by atoms with van der Waals surface area (Å²) < 4.78 is 1.48. The van der Waals surface area contributed by atoms with Crippen LogP contribution >= 0.6 is 0 Å². The molecule has 0 bridgehead atoms. The number of carbonyl (C=O) groups is 1. The molecule has 0 fully saturated rings. The van der Waals surface area contributed by atoms with Crippen molar-refractivity contribution < 1.29 is 4.79 Å². The van der Waals surface area contributed by atoms with Crippen molar-refractivity contribution in [2.45, 2.75) is 26.2 Å². The minimum atomic E-state index is -0.345. The van der Waals surface area contributed by atoms with Crippen LogP contribution in [0.2, 0.25) is 0 Å². The SMILES string of the molecule is CC(C)(C)c1ccccc1NC(=O)c1nc2ncccn2n1. The maximum Gasteiger partial charge on any atom is 0.295 e. The number of benzene rings is 1. The van der Waals surface area contributed by atoms with E-state index >= 15 is 0 Å². The summed E-state index contributed by atoms with van der Waals surface area (Å²) in [6, 6.07) is 9.48. The molecule has 0 radical (unpaired) electrons. The van der Waals surface area contributed by atoms with Crippen LogP contribution in [0.1, 0.15) is 37.0 Å². The van der Waals surface area contributed by atoms with Gasteiger partial charge >= 0.3 is 0 Å². The van der Waals surface area contributed by atoms with Crippen molar-refractivity contribution in [3.8, 4) is 0 Å². The molecule has 3 aromatic rings. The summed E-state index contributed by atoms with van der Waals surface area (Å²) in [6.07, 6.45) is 3.32. The first-order chi connectivity index (χ1) is 10.4. The highest BCUT2D eigenvalue weighted by atomic mass is 16.2. The van der Waals surface area contributed by atoms with E-state index in [1.54, 1.807) is 18.5 Å². The first-order valence-electron chi connectivity index (χ1n) is 7.03. The molecule has 1 amide bonds. The lowest BCUT2D eigenvalue weighted by Crippen LogP contribution is -2.19. The van der Waals surface area contributed by atoms with Crippen molar-refractivity contribution in [2.75, 3.05) is 5.32 Å². The molecule has 2 aromatic heterocycles. The number of aromatic nitrogens is 4. The van der Waals surface area contributed by atoms with Gasteiger partial charge in [-0.1, -0.05) is 39.0 Å². The Labute approximate surface area is 128 Å². The molecule has 0 spiro atoms. The van der Waals surface area contributed by atoms with Gasteiger partial charge in [0.15, 0.2) is 0 Å². The monoisotopic (exact) mass is 295 g/mol. The summed E-state index contributed by atoms with van der Waals surface area (Å²) >= 11 is 0. The van der Waals surface area contributed by atoms with Gasteiger partial charge in [0.05, 0.1) is 0 Å². The molecular weight excluding hydrogens is 278 g/mol. The number of hydrogen-bond acceptors (Lipinski definition) is 4. The fourth-order valence-electron chi connectivity index (χ4n) is 2.25. The Kier molecular flexibility index (Phi) is 3.36. The summed E-state index contributed by atoms with van der Waals surface area (Å²) in [5.41, 5.74) is 1.76. The van der Waals surface area contributed by atoms with Crippen LogP contribution in [0.4, 0.5) is 5.69 Å². The highest BCUT2D eigenvalue weighted by molar-refractivity contribution is 6.02. The topological polar surface area (TPSA) is 72.2 Å². The lowest BCUT2D eigenvalue weighted by atomic mass is 9.86. The van der Waals surface area contributed by atoms with Crippen molar-refractivity contribution in [3.05, 3.63) is 54.1 Å². The Bertz CT molecular complexity index is 799. The zero-order valence-electron chi connectivity index (χ0n) is 12.7. The predicted molar refractivity (Wildman–Crippen MR) is 83.9 cm³/mol. The number of hydrogen-bond donors (Lipinski definition) is 1. The third kappa shape index (κ3) is 2.67. The van der Waals surface area contributed by atoms with E-state index in [0.29, 0.717) is 5.78 Å². The summed E-state index contributed by atoms with van der Waals surface area (Å²) in [7, 11) is 0. The van der Waals surface area contributed by atoms with Crippen LogP contribution in [0.5, 0.6) is 0 Å². The number of fused-ring (bicyclic) bond motifs is 1. The van der Waals surface area contributed by atoms with Crippen molar-refractivity contribution in [1.29, 1.82) is 0 Å². The third-order valence-electron chi connectivity index (χ3n) is 3.30. The first-order valence-corrected chi connectivity index (χ1v) is 7.03. The molecule has 0 aliphatic carbocycles. The van der Waals surface area contributed by atoms with E-state index in [4.69, 9.17) is 0 Å². The number of rotatable bonds is 2. The van der Waals surface area contributed by atoms with Gasteiger partial charge in [0.1, 0.15) is 0 Å². The molecule has 0 saturated carbocycles. The van der Waals surface area contributed by atoms with E-state index in [9.17, 15) is 4.79 Å². The normalized spacial score (nSPS) is 11.6. The highest BCUT2D eigenvalue weighted by Crippen LogP contribution is 2.29. The Balaban J connectivity index is 1.92. The van der Waals surface area contributed by atoms with Crippen LogP contribution in [-0.4, -0.2) is 25.5 Å². The minimum absolute atomic E-state index is 0.0717. The number of amides is 1. The highest BCUT2D eigenvalue weighted by Gasteiger charge is 2.20. The van der Waals surface area contributed by atoms with Gasteiger partial charge < -0.3 is 5.32 Å². The molecule has 0 aliphatic rings. The number of para-hydroxylation sites is 1. The van der Waals surface area contributed by atoms with E-state index in [-0.39, 0.29) is 17.1 Å². The van der Waals surface area contributed by atoms with Crippen molar-refractivity contribution >= 4 is 17.4 Å². The lowest BCUT2D eigenvalue weighted by molar-refractivity contribution is 0.101. The lowest BCUT2D eigenvalue weighted by Gasteiger charge is -2.22. The van der Waals surface area contributed by atoms with Crippen LogP contribution < -0.4 is 5.32 Å². The van der Waals surface area contributed by atoms with Gasteiger partial charge in [-0.3, -0.25) is 4.79 Å². The summed E-state index contributed by atoms with van der Waals surface area (Å²) in [6.45, 7) is 6.31. The Morgan fingerprint density at radius 1 is 1.18 bits per heavy atom. The molecule has 112 valence electrons. The molecule has 2 heterocycles. The van der Waals surface area contributed by atoms with E-state index in [0.717, 1.165) is 11.3 Å². The zero-order valence-corrected chi connectivity index (χ0v) is 12.7. The molecule has 6 nitrogen and oxygen atoms in total. The summed E-state index contributed by atoms with van der Waals surface area (Å²) in [5.74, 6) is 0.154. The van der Waals surface area contributed by atoms with Gasteiger partial charge in [0.25, 0.3) is 11.7 Å². The van der Waals surface area contributed by atoms with Gasteiger partial charge in [-0.2, -0.15) is 4.98 Å². The van der Waals surface area contributed by atoms with Crippen LogP contribution in [0, 0.1) is 0 Å². The van der Waals surface area contributed by atoms with Gasteiger partial charge in [0.2, 0.25) is 5.82 Å². The second-order valence-electron chi connectivity index (χ2n) is 6.05. The average molecular weight is 295 g/mol. The molecule has 22 heavy (non-hydrogen) atoms. The maximum atomic E-state index is 12.4. The largest absolute Gasteiger partial charge is 0.319 e. The van der Waals surface area contributed by atoms with Crippen molar-refractivity contribution in [3.63, 3.8) is 0 Å². The molecular formula is C16H17N5O. The fraction of sp³-hybridized carbons (Fsp3) is 0.250. The molecule has 3 rings (SSSR count). The molecule has 6 heteroatoms. The van der Waals surface area contributed by atoms with Gasteiger partial charge in [-0.15, -0.1) is 5.10 Å². The van der Waals surface area contributed by atoms with Gasteiger partial charge in [-0.05, 0) is 23.1 Å². The smallest absolute Gasteiger partial charge is 0.295 e. The molecule has 0 saturated heterocycles. The van der Waals surface area contributed by atoms with Gasteiger partial charge in [0, 0.05) is 18.1 Å². The summed E-state index contributed by atoms with van der Waals surface area (Å²) in [5, 5.41) is 7.02. The number of anilines is 1. The van der Waals surface area contributed by atoms with E-state index in [1.807, 2.05) is 24.3 Å². The minimum Gasteiger partial charge on any atom is -0.319 e. The number of nitrogens with one attached hydrogen (secondary N) is 1. The standard InChI is InChI=1S/C16H17N5O/c1-16(2,3)11-7-4-5-8-12(11)18-14(22)13-19-15-17-9-6-10-21(15)20-13/h4-10H,1-3H3,(H,18,22). The number of nitrogens with zero attached hydrogens (tertiary/aromatic N) is 4. The molecule has 0 atom stereocenters. The fourth-order valence-corrected chi connectivity index (χ4v) is 2.25. The van der Waals surface area contributed by atoms with Crippen molar-refractivity contribution in [1.82, 2.24) is 19.6 Å². The first kappa shape index (κ1) is 14.2. The van der Waals surface area contributed by atoms with Gasteiger partial charge in [-0.25, -0.2) is 9.50 Å². The van der Waals surface area contributed by atoms with Crippen LogP contribution in [0.3, 0.4) is 0 Å². The Hall–Kier alpha value is -2.76. The maximum absolute atomic E-state index is 12.4. The molecule has 1 aromatic carbocycles. The van der Waals surface area contributed by atoms with Crippen LogP contribution in [0.25, 0.3) is 5.78 Å². The van der Waals surface area contributed by atoms with Crippen LogP contribution in [-0.2, 0) is 5.41 Å². The Morgan fingerprint density at radius 3 is 2.68 bits per heavy atom. The average Bonchev–Trinajstić information content (AvgIpc) is 2.90.